The first kappa shape index (κ1) is 33.8. The number of imidazole rings is 1. The summed E-state index contributed by atoms with van der Waals surface area (Å²) in [5.74, 6) is -1.11. The Labute approximate surface area is 277 Å². The van der Waals surface area contributed by atoms with Crippen LogP contribution >= 0.6 is 35.0 Å². The summed E-state index contributed by atoms with van der Waals surface area (Å²) in [6.07, 6.45) is -6.16. The molecule has 2 heterocycles. The Bertz CT molecular complexity index is 1820. The van der Waals surface area contributed by atoms with Gasteiger partial charge in [0, 0.05) is 23.5 Å². The summed E-state index contributed by atoms with van der Waals surface area (Å²) in [5.41, 5.74) is 5.35. The molecule has 0 fully saturated rings. The molecule has 5 rings (SSSR count). The van der Waals surface area contributed by atoms with Crippen LogP contribution in [-0.4, -0.2) is 89.1 Å². The molecule has 4 atom stereocenters. The molecule has 0 aliphatic heterocycles. The number of aromatic carboxylic acids is 1. The summed E-state index contributed by atoms with van der Waals surface area (Å²) in [7, 11) is 0. The van der Waals surface area contributed by atoms with Gasteiger partial charge in [0.1, 0.15) is 18.3 Å². The molecule has 0 saturated carbocycles. The molecule has 5 aromatic rings. The van der Waals surface area contributed by atoms with Crippen molar-refractivity contribution in [3.8, 4) is 22.4 Å². The molecule has 0 aliphatic carbocycles. The minimum atomic E-state index is -1.66. The number of carbonyl (C=O) groups is 1. The number of aromatic nitrogens is 3. The fraction of sp³-hybridized carbons (Fsp3) is 0.219. The van der Waals surface area contributed by atoms with Gasteiger partial charge in [-0.15, -0.1) is 0 Å². The van der Waals surface area contributed by atoms with E-state index in [1.807, 2.05) is 48.5 Å². The van der Waals surface area contributed by atoms with Crippen LogP contribution < -0.4 is 5.32 Å². The molecule has 3 aromatic carbocycles. The quantitative estimate of drug-likeness (QED) is 0.0895. The average Bonchev–Trinajstić information content (AvgIpc) is 3.45. The molecule has 4 unspecified atom stereocenters. The second-order valence-electron chi connectivity index (χ2n) is 10.5. The van der Waals surface area contributed by atoms with Crippen molar-refractivity contribution in [2.24, 2.45) is 0 Å². The molecule has 8 N–H and O–H groups in total. The van der Waals surface area contributed by atoms with Crippen LogP contribution in [0.3, 0.4) is 0 Å². The van der Waals surface area contributed by atoms with E-state index in [2.05, 4.69) is 20.3 Å². The van der Waals surface area contributed by atoms with Crippen LogP contribution in [0.1, 0.15) is 15.9 Å². The zero-order chi connectivity index (χ0) is 33.0. The van der Waals surface area contributed by atoms with E-state index in [0.717, 1.165) is 22.3 Å². The first-order valence-electron chi connectivity index (χ1n) is 14.0. The Hall–Kier alpha value is -3.56. The molecule has 0 amide bonds. The predicted molar refractivity (Wildman–Crippen MR) is 175 cm³/mol. The van der Waals surface area contributed by atoms with E-state index in [1.165, 1.54) is 23.9 Å². The van der Waals surface area contributed by atoms with E-state index in [-0.39, 0.29) is 17.1 Å². The monoisotopic (exact) mass is 684 g/mol. The Morgan fingerprint density at radius 1 is 0.826 bits per heavy atom. The third-order valence-corrected chi connectivity index (χ3v) is 8.74. The van der Waals surface area contributed by atoms with Gasteiger partial charge in [-0.05, 0) is 41.0 Å². The van der Waals surface area contributed by atoms with Gasteiger partial charge in [-0.1, -0.05) is 83.5 Å². The molecule has 14 heteroatoms. The SMILES string of the molecule is O=C(O)c1cc(Sc2nc3nc(-c4ccc(-c5ccc(CNCC(O)C(O)C(O)C(O)CO)cc5)cc4)c(Cl)cc3[nH]2)ccc1Cl. The van der Waals surface area contributed by atoms with Gasteiger partial charge in [-0.25, -0.2) is 14.8 Å². The molecule has 0 radical (unpaired) electrons. The van der Waals surface area contributed by atoms with Crippen molar-refractivity contribution in [2.75, 3.05) is 13.2 Å². The molecule has 0 bridgehead atoms. The van der Waals surface area contributed by atoms with Crippen LogP contribution in [-0.2, 0) is 6.54 Å². The van der Waals surface area contributed by atoms with Crippen LogP contribution in [0.25, 0.3) is 33.5 Å². The number of aliphatic hydroxyl groups is 5. The van der Waals surface area contributed by atoms with Gasteiger partial charge in [-0.2, -0.15) is 0 Å². The number of nitrogens with one attached hydrogen (secondary N) is 2. The normalized spacial score (nSPS) is 14.2. The lowest BCUT2D eigenvalue weighted by Crippen LogP contribution is -2.48. The van der Waals surface area contributed by atoms with Gasteiger partial charge >= 0.3 is 5.97 Å². The Kier molecular flexibility index (Phi) is 10.9. The van der Waals surface area contributed by atoms with E-state index in [9.17, 15) is 30.3 Å². The predicted octanol–water partition coefficient (Wildman–Crippen LogP) is 3.97. The number of carboxylic acid groups (broad SMARTS) is 1. The average molecular weight is 686 g/mol. The number of hydrogen-bond acceptors (Lipinski definition) is 10. The standard InChI is InChI=1S/C32H30Cl2N4O7S/c33-22-10-9-20(11-21(22)31(44)45)46-32-36-24-12-23(34)27(37-30(24)38-32)19-7-5-18(6-8-19)17-3-1-16(2-4-17)13-35-14-25(40)28(42)29(43)26(41)15-39/h1-12,25-26,28-29,35,39-43H,13-15H2,(H,44,45)(H,36,37,38). The number of nitrogens with zero attached hydrogens (tertiary/aromatic N) is 2. The minimum absolute atomic E-state index is 0.00652. The summed E-state index contributed by atoms with van der Waals surface area (Å²) in [5, 5.41) is 61.5. The van der Waals surface area contributed by atoms with Crippen molar-refractivity contribution in [1.29, 1.82) is 0 Å². The number of halogens is 2. The van der Waals surface area contributed by atoms with Crippen molar-refractivity contribution < 1.29 is 35.4 Å². The molecule has 240 valence electrons. The van der Waals surface area contributed by atoms with Crippen molar-refractivity contribution in [3.05, 3.63) is 94.0 Å². The zero-order valence-electron chi connectivity index (χ0n) is 24.0. The fourth-order valence-electron chi connectivity index (χ4n) is 4.67. The minimum Gasteiger partial charge on any atom is -0.478 e. The molecular weight excluding hydrogens is 655 g/mol. The van der Waals surface area contributed by atoms with Crippen LogP contribution in [0.15, 0.2) is 82.8 Å². The summed E-state index contributed by atoms with van der Waals surface area (Å²) in [6, 6.07) is 22.0. The molecule has 46 heavy (non-hydrogen) atoms. The number of aromatic amines is 1. The first-order valence-corrected chi connectivity index (χ1v) is 15.6. The fourth-order valence-corrected chi connectivity index (χ4v) is 5.96. The smallest absolute Gasteiger partial charge is 0.337 e. The topological polar surface area (TPSA) is 192 Å². The molecule has 0 aliphatic rings. The number of carboxylic acids is 1. The number of aliphatic hydroxyl groups excluding tert-OH is 5. The largest absolute Gasteiger partial charge is 0.478 e. The Morgan fingerprint density at radius 2 is 1.46 bits per heavy atom. The van der Waals surface area contributed by atoms with Gasteiger partial charge in [0.15, 0.2) is 10.8 Å². The molecule has 0 saturated heterocycles. The second kappa shape index (κ2) is 14.9. The highest BCUT2D eigenvalue weighted by atomic mass is 35.5. The maximum absolute atomic E-state index is 11.4. The van der Waals surface area contributed by atoms with Gasteiger partial charge in [0.05, 0.1) is 39.5 Å². The van der Waals surface area contributed by atoms with Crippen molar-refractivity contribution in [3.63, 3.8) is 0 Å². The number of H-pyrrole nitrogens is 1. The van der Waals surface area contributed by atoms with Crippen LogP contribution in [0.4, 0.5) is 0 Å². The lowest BCUT2D eigenvalue weighted by molar-refractivity contribution is -0.114. The molecular formula is C32H30Cl2N4O7S. The van der Waals surface area contributed by atoms with E-state index >= 15 is 0 Å². The number of benzene rings is 3. The number of rotatable bonds is 13. The summed E-state index contributed by atoms with van der Waals surface area (Å²) in [6.45, 7) is -0.368. The van der Waals surface area contributed by atoms with Crippen molar-refractivity contribution >= 4 is 52.1 Å². The maximum atomic E-state index is 11.4. The molecule has 11 nitrogen and oxygen atoms in total. The number of pyridine rings is 1. The molecule has 0 spiro atoms. The van der Waals surface area contributed by atoms with Crippen LogP contribution in [0.5, 0.6) is 0 Å². The third kappa shape index (κ3) is 7.86. The lowest BCUT2D eigenvalue weighted by atomic mass is 10.0. The Morgan fingerprint density at radius 3 is 2.11 bits per heavy atom. The summed E-state index contributed by atoms with van der Waals surface area (Å²) < 4.78 is 0. The zero-order valence-corrected chi connectivity index (χ0v) is 26.3. The molecule has 2 aromatic heterocycles. The van der Waals surface area contributed by atoms with E-state index in [1.54, 1.807) is 12.1 Å². The summed E-state index contributed by atoms with van der Waals surface area (Å²) >= 11 is 13.8. The second-order valence-corrected chi connectivity index (χ2v) is 12.4. The highest BCUT2D eigenvalue weighted by molar-refractivity contribution is 7.99. The van der Waals surface area contributed by atoms with Crippen molar-refractivity contribution in [2.45, 2.75) is 41.0 Å². The highest BCUT2D eigenvalue weighted by Gasteiger charge is 2.29. The van der Waals surface area contributed by atoms with E-state index < -0.39 is 37.0 Å². The van der Waals surface area contributed by atoms with E-state index in [0.29, 0.717) is 38.5 Å². The van der Waals surface area contributed by atoms with Gasteiger partial charge < -0.3 is 40.9 Å². The van der Waals surface area contributed by atoms with Crippen molar-refractivity contribution in [1.82, 2.24) is 20.3 Å². The third-order valence-electron chi connectivity index (χ3n) is 7.24. The van der Waals surface area contributed by atoms with Crippen LogP contribution in [0, 0.1) is 0 Å². The maximum Gasteiger partial charge on any atom is 0.337 e. The first-order chi connectivity index (χ1) is 22.0. The van der Waals surface area contributed by atoms with Gasteiger partial charge in [0.2, 0.25) is 0 Å². The summed E-state index contributed by atoms with van der Waals surface area (Å²) in [4.78, 5) is 24.5. The highest BCUT2D eigenvalue weighted by Crippen LogP contribution is 2.34. The Balaban J connectivity index is 1.22. The lowest BCUT2D eigenvalue weighted by Gasteiger charge is -2.25. The number of fused-ring (bicyclic) bond motifs is 1. The van der Waals surface area contributed by atoms with Gasteiger partial charge in [-0.3, -0.25) is 0 Å². The number of hydrogen-bond donors (Lipinski definition) is 8. The van der Waals surface area contributed by atoms with E-state index in [4.69, 9.17) is 28.3 Å². The van der Waals surface area contributed by atoms with Gasteiger partial charge in [0.25, 0.3) is 0 Å². The van der Waals surface area contributed by atoms with Crippen LogP contribution in [0.2, 0.25) is 10.0 Å².